The molecule has 0 bridgehead atoms. The zero-order valence-corrected chi connectivity index (χ0v) is 14.0. The van der Waals surface area contributed by atoms with Gasteiger partial charge in [-0.05, 0) is 55.5 Å². The molecule has 0 heterocycles. The maximum absolute atomic E-state index is 11.8. The summed E-state index contributed by atoms with van der Waals surface area (Å²) in [5.74, 6) is 1.00. The zero-order chi connectivity index (χ0) is 16.8. The topological polar surface area (TPSA) is 93.5 Å². The minimum atomic E-state index is -0.745. The highest BCUT2D eigenvalue weighted by Crippen LogP contribution is 2.24. The van der Waals surface area contributed by atoms with Crippen LogP contribution in [0.25, 0.3) is 0 Å². The summed E-state index contributed by atoms with van der Waals surface area (Å²) in [5.41, 5.74) is 5.57. The zero-order valence-electron chi connectivity index (χ0n) is 12.4. The molecule has 23 heavy (non-hydrogen) atoms. The van der Waals surface area contributed by atoms with E-state index in [0.29, 0.717) is 17.2 Å². The minimum absolute atomic E-state index is 0.356. The Morgan fingerprint density at radius 3 is 2.09 bits per heavy atom. The third-order valence-electron chi connectivity index (χ3n) is 2.92. The van der Waals surface area contributed by atoms with E-state index >= 15 is 0 Å². The summed E-state index contributed by atoms with van der Waals surface area (Å²) in [6, 6.07) is 12.9. The molecule has 7 heteroatoms. The number of nitrogens with one attached hydrogen (secondary N) is 2. The molecule has 120 valence electrons. The molecule has 2 aromatic carbocycles. The van der Waals surface area contributed by atoms with Gasteiger partial charge >= 0.3 is 6.03 Å². The van der Waals surface area contributed by atoms with E-state index in [4.69, 9.17) is 10.5 Å². The van der Waals surface area contributed by atoms with Gasteiger partial charge in [-0.1, -0.05) is 15.9 Å². The predicted molar refractivity (Wildman–Crippen MR) is 91.5 cm³/mol. The summed E-state index contributed by atoms with van der Waals surface area (Å²) in [5, 5.41) is 4.98. The number of hydrogen-bond donors (Lipinski definition) is 3. The molecule has 0 aliphatic heterocycles. The average Bonchev–Trinajstić information content (AvgIpc) is 2.51. The Kier molecular flexibility index (Phi) is 5.59. The minimum Gasteiger partial charge on any atom is -0.457 e. The lowest BCUT2D eigenvalue weighted by Gasteiger charge is -2.13. The number of nitrogens with two attached hydrogens (primary N) is 1. The molecule has 0 radical (unpaired) electrons. The second kappa shape index (κ2) is 7.64. The summed E-state index contributed by atoms with van der Waals surface area (Å²) in [4.78, 5) is 22.6. The van der Waals surface area contributed by atoms with Crippen molar-refractivity contribution < 1.29 is 14.3 Å². The number of primary amides is 1. The normalized spacial score (nSPS) is 11.4. The lowest BCUT2D eigenvalue weighted by Crippen LogP contribution is -2.44. The van der Waals surface area contributed by atoms with E-state index in [-0.39, 0.29) is 5.91 Å². The fourth-order valence-corrected chi connectivity index (χ4v) is 2.04. The quantitative estimate of drug-likeness (QED) is 0.746. The molecule has 0 aromatic heterocycles. The fraction of sp³-hybridized carbons (Fsp3) is 0.125. The molecule has 4 N–H and O–H groups in total. The summed E-state index contributed by atoms with van der Waals surface area (Å²) in [6.45, 7) is 1.55. The SMILES string of the molecule is C[C@H](NC(N)=O)C(=O)Nc1ccc(Oc2ccc(Br)cc2)cc1. The molecule has 0 saturated heterocycles. The van der Waals surface area contributed by atoms with E-state index in [9.17, 15) is 9.59 Å². The van der Waals surface area contributed by atoms with Crippen molar-refractivity contribution in [2.45, 2.75) is 13.0 Å². The first-order valence-electron chi connectivity index (χ1n) is 6.84. The van der Waals surface area contributed by atoms with Gasteiger partial charge in [-0.15, -0.1) is 0 Å². The van der Waals surface area contributed by atoms with Crippen LogP contribution in [0.2, 0.25) is 0 Å². The highest BCUT2D eigenvalue weighted by molar-refractivity contribution is 9.10. The van der Waals surface area contributed by atoms with Crippen LogP contribution in [0.4, 0.5) is 10.5 Å². The third kappa shape index (κ3) is 5.30. The second-order valence-electron chi connectivity index (χ2n) is 4.80. The number of anilines is 1. The Morgan fingerprint density at radius 2 is 1.57 bits per heavy atom. The van der Waals surface area contributed by atoms with Gasteiger partial charge in [-0.25, -0.2) is 4.79 Å². The molecule has 0 spiro atoms. The molecule has 0 saturated carbocycles. The van der Waals surface area contributed by atoms with Crippen molar-refractivity contribution in [1.82, 2.24) is 5.32 Å². The van der Waals surface area contributed by atoms with E-state index in [1.807, 2.05) is 24.3 Å². The molecule has 2 aromatic rings. The second-order valence-corrected chi connectivity index (χ2v) is 5.72. The average molecular weight is 378 g/mol. The van der Waals surface area contributed by atoms with Crippen LogP contribution < -0.4 is 21.1 Å². The Hall–Kier alpha value is -2.54. The molecule has 0 unspecified atom stereocenters. The summed E-state index contributed by atoms with van der Waals surface area (Å²) in [6.07, 6.45) is 0. The van der Waals surface area contributed by atoms with Crippen LogP contribution in [-0.2, 0) is 4.79 Å². The van der Waals surface area contributed by atoms with Crippen LogP contribution in [-0.4, -0.2) is 18.0 Å². The van der Waals surface area contributed by atoms with Crippen molar-refractivity contribution >= 4 is 33.6 Å². The van der Waals surface area contributed by atoms with Gasteiger partial charge in [-0.2, -0.15) is 0 Å². The van der Waals surface area contributed by atoms with E-state index in [0.717, 1.165) is 4.47 Å². The molecular weight excluding hydrogens is 362 g/mol. The van der Waals surface area contributed by atoms with E-state index in [1.54, 1.807) is 31.2 Å². The predicted octanol–water partition coefficient (Wildman–Crippen LogP) is 3.24. The Bertz CT molecular complexity index is 687. The number of rotatable bonds is 5. The number of amides is 3. The first-order valence-corrected chi connectivity index (χ1v) is 7.63. The Labute approximate surface area is 142 Å². The lowest BCUT2D eigenvalue weighted by atomic mass is 10.2. The Balaban J connectivity index is 1.95. The van der Waals surface area contributed by atoms with Gasteiger partial charge in [0.05, 0.1) is 0 Å². The number of hydrogen-bond acceptors (Lipinski definition) is 3. The molecule has 6 nitrogen and oxygen atoms in total. The van der Waals surface area contributed by atoms with Gasteiger partial charge in [0, 0.05) is 10.2 Å². The summed E-state index contributed by atoms with van der Waals surface area (Å²) >= 11 is 3.36. The highest BCUT2D eigenvalue weighted by atomic mass is 79.9. The van der Waals surface area contributed by atoms with Gasteiger partial charge in [0.2, 0.25) is 5.91 Å². The number of ether oxygens (including phenoxy) is 1. The van der Waals surface area contributed by atoms with Crippen molar-refractivity contribution in [3.05, 3.63) is 53.0 Å². The van der Waals surface area contributed by atoms with E-state index < -0.39 is 12.1 Å². The number of carbonyl (C=O) groups is 2. The standard InChI is InChI=1S/C16H16BrN3O3/c1-10(19-16(18)22)15(21)20-12-4-8-14(9-5-12)23-13-6-2-11(17)3-7-13/h2-10H,1H3,(H,20,21)(H3,18,19,22)/t10-/m0/s1. The first-order chi connectivity index (χ1) is 10.9. The third-order valence-corrected chi connectivity index (χ3v) is 3.45. The number of urea groups is 1. The number of carbonyl (C=O) groups excluding carboxylic acids is 2. The maximum Gasteiger partial charge on any atom is 0.312 e. The van der Waals surface area contributed by atoms with Crippen molar-refractivity contribution in [2.75, 3.05) is 5.32 Å². The molecule has 0 aliphatic rings. The molecule has 0 aliphatic carbocycles. The summed E-state index contributed by atoms with van der Waals surface area (Å²) in [7, 11) is 0. The molecule has 1 atom stereocenters. The molecular formula is C16H16BrN3O3. The smallest absolute Gasteiger partial charge is 0.312 e. The van der Waals surface area contributed by atoms with Crippen LogP contribution >= 0.6 is 15.9 Å². The van der Waals surface area contributed by atoms with Crippen LogP contribution in [0.3, 0.4) is 0 Å². The van der Waals surface area contributed by atoms with E-state index in [1.165, 1.54) is 0 Å². The number of benzene rings is 2. The highest BCUT2D eigenvalue weighted by Gasteiger charge is 2.13. The van der Waals surface area contributed by atoms with Crippen LogP contribution in [0.5, 0.6) is 11.5 Å². The maximum atomic E-state index is 11.8. The van der Waals surface area contributed by atoms with Crippen LogP contribution in [0, 0.1) is 0 Å². The van der Waals surface area contributed by atoms with Gasteiger partial charge in [0.15, 0.2) is 0 Å². The molecule has 3 amide bonds. The number of halogens is 1. The molecule has 0 fully saturated rings. The van der Waals surface area contributed by atoms with E-state index in [2.05, 4.69) is 26.6 Å². The summed E-state index contributed by atoms with van der Waals surface area (Å²) < 4.78 is 6.66. The van der Waals surface area contributed by atoms with Crippen molar-refractivity contribution in [2.24, 2.45) is 5.73 Å². The van der Waals surface area contributed by atoms with Gasteiger partial charge < -0.3 is 21.1 Å². The van der Waals surface area contributed by atoms with Gasteiger partial charge in [-0.3, -0.25) is 4.79 Å². The largest absolute Gasteiger partial charge is 0.457 e. The van der Waals surface area contributed by atoms with Crippen LogP contribution in [0.1, 0.15) is 6.92 Å². The van der Waals surface area contributed by atoms with Crippen molar-refractivity contribution in [1.29, 1.82) is 0 Å². The van der Waals surface area contributed by atoms with Crippen molar-refractivity contribution in [3.63, 3.8) is 0 Å². The van der Waals surface area contributed by atoms with Crippen molar-refractivity contribution in [3.8, 4) is 11.5 Å². The molecule has 2 rings (SSSR count). The Morgan fingerprint density at radius 1 is 1.04 bits per heavy atom. The van der Waals surface area contributed by atoms with Gasteiger partial charge in [0.25, 0.3) is 0 Å². The lowest BCUT2D eigenvalue weighted by molar-refractivity contribution is -0.117. The van der Waals surface area contributed by atoms with Crippen LogP contribution in [0.15, 0.2) is 53.0 Å². The monoisotopic (exact) mass is 377 g/mol. The fourth-order valence-electron chi connectivity index (χ4n) is 1.77. The van der Waals surface area contributed by atoms with Gasteiger partial charge in [0.1, 0.15) is 17.5 Å². The first kappa shape index (κ1) is 16.8.